The van der Waals surface area contributed by atoms with Crippen LogP contribution < -0.4 is 4.89 Å². The molecule has 0 aliphatic rings. The second-order valence-corrected chi connectivity index (χ2v) is 20.3. The average Bonchev–Trinajstić information content (AvgIpc) is 3.27. The van der Waals surface area contributed by atoms with Gasteiger partial charge in [0, 0.05) is 13.0 Å². The maximum Gasteiger partial charge on any atom is 0.306 e. The van der Waals surface area contributed by atoms with Gasteiger partial charge in [0.05, 0.1) is 34.4 Å². The fourth-order valence-corrected chi connectivity index (χ4v) is 7.89. The Bertz CT molecular complexity index is 1270. The highest BCUT2D eigenvalue weighted by molar-refractivity contribution is 7.45. The number of phosphoric ester groups is 1. The lowest BCUT2D eigenvalue weighted by Gasteiger charge is -2.28. The summed E-state index contributed by atoms with van der Waals surface area (Å²) in [5.41, 5.74) is 0. The number of ether oxygens (including phenoxy) is 2. The summed E-state index contributed by atoms with van der Waals surface area (Å²) in [6.07, 6.45) is 63.6. The van der Waals surface area contributed by atoms with E-state index in [1.807, 2.05) is 21.1 Å². The molecular weight excluding hydrogens is 830 g/mol. The van der Waals surface area contributed by atoms with Crippen LogP contribution in [0, 0.1) is 0 Å². The number of rotatable bonds is 49. The van der Waals surface area contributed by atoms with Gasteiger partial charge < -0.3 is 27.9 Å². The third-order valence-corrected chi connectivity index (χ3v) is 12.2. The Labute approximate surface area is 402 Å². The molecule has 0 saturated heterocycles. The number of hydrogen-bond acceptors (Lipinski definition) is 7. The molecule has 0 bridgehead atoms. The average molecular weight is 932 g/mol. The van der Waals surface area contributed by atoms with E-state index in [2.05, 4.69) is 86.8 Å². The molecule has 378 valence electrons. The first-order valence-electron chi connectivity index (χ1n) is 26.7. The molecule has 8 nitrogen and oxygen atoms in total. The topological polar surface area (TPSA) is 94.1 Å². The first kappa shape index (κ1) is 62.9. The summed E-state index contributed by atoms with van der Waals surface area (Å²) >= 11 is 0. The lowest BCUT2D eigenvalue weighted by Crippen LogP contribution is -2.37. The summed E-state index contributed by atoms with van der Waals surface area (Å²) in [5.74, 6) is -0.341. The molecule has 9 heteroatoms. The van der Waals surface area contributed by atoms with Crippen LogP contribution in [0.3, 0.4) is 0 Å². The standard InChI is InChI=1S/C56H102NO7P/c1-6-8-10-12-14-16-18-20-22-24-25-26-27-28-29-30-31-32-34-36-38-40-42-44-46-48-51-61-53-55(54-63-65(59,60)62-52-50-57(3,4)5)64-56(58)49-47-45-43-41-39-37-35-33-23-21-19-17-15-13-11-9-7-2/h8,10,14,16,20-23,25-26,28-29,55H,6-7,9,11-13,15,17-19,24,27,30-54H2,1-5H3/b10-8-,16-14-,22-20-,23-21-,26-25-,29-28-. The van der Waals surface area contributed by atoms with Crippen LogP contribution in [0.1, 0.15) is 219 Å². The van der Waals surface area contributed by atoms with Gasteiger partial charge in [-0.15, -0.1) is 0 Å². The Morgan fingerprint density at radius 3 is 1.35 bits per heavy atom. The molecule has 0 aromatic heterocycles. The van der Waals surface area contributed by atoms with E-state index < -0.39 is 13.9 Å². The molecule has 2 atom stereocenters. The van der Waals surface area contributed by atoms with Crippen LogP contribution in [-0.4, -0.2) is 70.7 Å². The largest absolute Gasteiger partial charge is 0.756 e. The second kappa shape index (κ2) is 48.4. The highest BCUT2D eigenvalue weighted by Crippen LogP contribution is 2.38. The Hall–Kier alpha value is -2.06. The number of nitrogens with zero attached hydrogens (tertiary/aromatic N) is 1. The third-order valence-electron chi connectivity index (χ3n) is 11.2. The van der Waals surface area contributed by atoms with E-state index in [9.17, 15) is 14.3 Å². The Balaban J connectivity index is 4.12. The van der Waals surface area contributed by atoms with Crippen molar-refractivity contribution >= 4 is 13.8 Å². The molecule has 0 aromatic carbocycles. The summed E-state index contributed by atoms with van der Waals surface area (Å²) in [7, 11) is 1.35. The van der Waals surface area contributed by atoms with E-state index in [4.69, 9.17) is 18.5 Å². The van der Waals surface area contributed by atoms with Crippen molar-refractivity contribution in [1.29, 1.82) is 0 Å². The van der Waals surface area contributed by atoms with E-state index in [0.717, 1.165) is 64.2 Å². The van der Waals surface area contributed by atoms with Crippen molar-refractivity contribution in [1.82, 2.24) is 0 Å². The first-order chi connectivity index (χ1) is 31.6. The molecule has 0 amide bonds. The van der Waals surface area contributed by atoms with Crippen LogP contribution in [0.4, 0.5) is 0 Å². The second-order valence-electron chi connectivity index (χ2n) is 18.9. The molecule has 0 N–H and O–H groups in total. The van der Waals surface area contributed by atoms with Crippen molar-refractivity contribution in [3.63, 3.8) is 0 Å². The van der Waals surface area contributed by atoms with Crippen molar-refractivity contribution < 1.29 is 37.3 Å². The zero-order chi connectivity index (χ0) is 47.6. The molecule has 65 heavy (non-hydrogen) atoms. The molecule has 0 spiro atoms. The maximum atomic E-state index is 12.7. The fourth-order valence-electron chi connectivity index (χ4n) is 7.16. The predicted molar refractivity (Wildman–Crippen MR) is 277 cm³/mol. The summed E-state index contributed by atoms with van der Waals surface area (Å²) in [6.45, 7) is 5.29. The van der Waals surface area contributed by atoms with Gasteiger partial charge in [0.25, 0.3) is 7.82 Å². The number of phosphoric acid groups is 1. The number of carbonyl (C=O) groups is 1. The van der Waals surface area contributed by atoms with Gasteiger partial charge in [-0.05, 0) is 83.5 Å². The number of esters is 1. The molecular formula is C56H102NO7P. The quantitative estimate of drug-likeness (QED) is 0.0197. The van der Waals surface area contributed by atoms with Gasteiger partial charge in [-0.1, -0.05) is 202 Å². The summed E-state index contributed by atoms with van der Waals surface area (Å²) < 4.78 is 34.8. The van der Waals surface area contributed by atoms with E-state index in [1.165, 1.54) is 135 Å². The number of likely N-dealkylation sites (N-methyl/N-ethyl adjacent to an activating group) is 1. The van der Waals surface area contributed by atoms with Gasteiger partial charge in [-0.2, -0.15) is 0 Å². The van der Waals surface area contributed by atoms with Crippen LogP contribution in [0.5, 0.6) is 0 Å². The minimum Gasteiger partial charge on any atom is -0.756 e. The number of allylic oxidation sites excluding steroid dienone is 12. The van der Waals surface area contributed by atoms with E-state index >= 15 is 0 Å². The highest BCUT2D eigenvalue weighted by atomic mass is 31.2. The monoisotopic (exact) mass is 932 g/mol. The highest BCUT2D eigenvalue weighted by Gasteiger charge is 2.20. The van der Waals surface area contributed by atoms with Gasteiger partial charge in [0.15, 0.2) is 0 Å². The molecule has 0 radical (unpaired) electrons. The van der Waals surface area contributed by atoms with Crippen LogP contribution in [0.15, 0.2) is 72.9 Å². The lowest BCUT2D eigenvalue weighted by atomic mass is 10.1. The number of unbranched alkanes of at least 4 members (excludes halogenated alkanes) is 23. The lowest BCUT2D eigenvalue weighted by molar-refractivity contribution is -0.870. The van der Waals surface area contributed by atoms with Crippen molar-refractivity contribution in [2.24, 2.45) is 0 Å². The van der Waals surface area contributed by atoms with E-state index in [-0.39, 0.29) is 25.8 Å². The Morgan fingerprint density at radius 2 is 0.892 bits per heavy atom. The molecule has 0 aliphatic heterocycles. The number of hydrogen-bond donors (Lipinski definition) is 0. The van der Waals surface area contributed by atoms with Crippen LogP contribution in [0.25, 0.3) is 0 Å². The summed E-state index contributed by atoms with van der Waals surface area (Å²) in [4.78, 5) is 25.2. The Morgan fingerprint density at radius 1 is 0.492 bits per heavy atom. The van der Waals surface area contributed by atoms with Gasteiger partial charge in [0.1, 0.15) is 19.3 Å². The molecule has 0 fully saturated rings. The van der Waals surface area contributed by atoms with E-state index in [1.54, 1.807) is 0 Å². The van der Waals surface area contributed by atoms with Crippen LogP contribution >= 0.6 is 7.82 Å². The maximum absolute atomic E-state index is 12.7. The van der Waals surface area contributed by atoms with Crippen molar-refractivity contribution in [3.05, 3.63) is 72.9 Å². The zero-order valence-corrected chi connectivity index (χ0v) is 43.8. The van der Waals surface area contributed by atoms with E-state index in [0.29, 0.717) is 24.1 Å². The van der Waals surface area contributed by atoms with Gasteiger partial charge in [0.2, 0.25) is 0 Å². The third kappa shape index (κ3) is 52.8. The van der Waals surface area contributed by atoms with Gasteiger partial charge >= 0.3 is 5.97 Å². The van der Waals surface area contributed by atoms with Gasteiger partial charge in [-0.25, -0.2) is 0 Å². The fraction of sp³-hybridized carbons (Fsp3) is 0.768. The molecule has 0 rings (SSSR count). The zero-order valence-electron chi connectivity index (χ0n) is 42.9. The van der Waals surface area contributed by atoms with Crippen LogP contribution in [0.2, 0.25) is 0 Å². The minimum atomic E-state index is -4.54. The smallest absolute Gasteiger partial charge is 0.306 e. The van der Waals surface area contributed by atoms with Gasteiger partial charge in [-0.3, -0.25) is 9.36 Å². The number of quaternary nitrogens is 1. The minimum absolute atomic E-state index is 0.0218. The van der Waals surface area contributed by atoms with Crippen molar-refractivity contribution in [2.75, 3.05) is 54.1 Å². The molecule has 0 heterocycles. The molecule has 0 aromatic rings. The predicted octanol–water partition coefficient (Wildman–Crippen LogP) is 16.0. The first-order valence-corrected chi connectivity index (χ1v) is 28.1. The Kier molecular flexibility index (Phi) is 46.9. The molecule has 0 saturated carbocycles. The summed E-state index contributed by atoms with van der Waals surface area (Å²) in [6, 6.07) is 0. The van der Waals surface area contributed by atoms with Crippen LogP contribution in [-0.2, 0) is 27.9 Å². The molecule has 0 aliphatic carbocycles. The normalized spacial score (nSPS) is 14.1. The molecule has 2 unspecified atom stereocenters. The van der Waals surface area contributed by atoms with Crippen molar-refractivity contribution in [3.8, 4) is 0 Å². The number of carbonyl (C=O) groups excluding carboxylic acids is 1. The summed E-state index contributed by atoms with van der Waals surface area (Å²) in [5, 5.41) is 0. The SMILES string of the molecule is CC/C=C\C/C=C\C/C=C\C/C=C\C/C=C\CCCCCCCCCCCCOCC(COP(=O)([O-])OCC[N+](C)(C)C)OC(=O)CCCCCCCCC/C=C\CCCCCCCC. The van der Waals surface area contributed by atoms with Crippen molar-refractivity contribution in [2.45, 2.75) is 225 Å².